The van der Waals surface area contributed by atoms with Crippen LogP contribution in [0.15, 0.2) is 12.1 Å². The van der Waals surface area contributed by atoms with E-state index in [9.17, 15) is 9.90 Å². The summed E-state index contributed by atoms with van der Waals surface area (Å²) in [5, 5.41) is 9.83. The minimum Gasteiger partial charge on any atom is -0.504 e. The summed E-state index contributed by atoms with van der Waals surface area (Å²) in [6, 6.07) is 3.39. The highest BCUT2D eigenvalue weighted by atomic mass is 16.5. The van der Waals surface area contributed by atoms with Gasteiger partial charge in [0.25, 0.3) is 0 Å². The number of carbonyl (C=O) groups is 1. The van der Waals surface area contributed by atoms with Crippen LogP contribution in [0.25, 0.3) is 0 Å². The van der Waals surface area contributed by atoms with E-state index < -0.39 is 0 Å². The zero-order valence-electron chi connectivity index (χ0n) is 10.5. The Kier molecular flexibility index (Phi) is 4.52. The zero-order valence-corrected chi connectivity index (χ0v) is 10.5. The van der Waals surface area contributed by atoms with Gasteiger partial charge in [-0.2, -0.15) is 0 Å². The molecule has 17 heavy (non-hydrogen) atoms. The Balaban J connectivity index is 3.28. The number of ketones is 1. The largest absolute Gasteiger partial charge is 0.504 e. The van der Waals surface area contributed by atoms with Crippen LogP contribution >= 0.6 is 0 Å². The lowest BCUT2D eigenvalue weighted by molar-refractivity contribution is 0.0981. The summed E-state index contributed by atoms with van der Waals surface area (Å²) >= 11 is 0. The molecule has 3 N–H and O–H groups in total. The molecule has 0 aliphatic heterocycles. The number of ether oxygens (including phenoxy) is 1. The molecule has 0 amide bonds. The van der Waals surface area contributed by atoms with Crippen molar-refractivity contribution in [1.29, 1.82) is 0 Å². The summed E-state index contributed by atoms with van der Waals surface area (Å²) in [6.45, 7) is 4.28. The topological polar surface area (TPSA) is 72.5 Å². The molecule has 0 aliphatic rings. The smallest absolute Gasteiger partial charge is 0.171 e. The Hall–Kier alpha value is -1.55. The predicted molar refractivity (Wildman–Crippen MR) is 66.7 cm³/mol. The van der Waals surface area contributed by atoms with Crippen LogP contribution in [0.1, 0.15) is 42.1 Å². The third-order valence-electron chi connectivity index (χ3n) is 2.63. The van der Waals surface area contributed by atoms with E-state index in [1.807, 2.05) is 13.8 Å². The second kappa shape index (κ2) is 5.68. The number of phenols is 1. The molecule has 0 aliphatic carbocycles. The third-order valence-corrected chi connectivity index (χ3v) is 2.63. The molecule has 1 rings (SSSR count). The average Bonchev–Trinajstić information content (AvgIpc) is 2.28. The molecule has 0 atom stereocenters. The first kappa shape index (κ1) is 13.5. The molecular formula is C13H19NO3. The maximum absolute atomic E-state index is 11.9. The van der Waals surface area contributed by atoms with Gasteiger partial charge in [-0.25, -0.2) is 0 Å². The molecule has 0 bridgehead atoms. The van der Waals surface area contributed by atoms with Gasteiger partial charge in [0.1, 0.15) is 0 Å². The van der Waals surface area contributed by atoms with Crippen LogP contribution in [0, 0.1) is 0 Å². The molecule has 0 aromatic heterocycles. The van der Waals surface area contributed by atoms with Crippen LogP contribution in [0.4, 0.5) is 0 Å². The molecule has 1 aromatic rings. The Morgan fingerprint density at radius 3 is 2.59 bits per heavy atom. The van der Waals surface area contributed by atoms with Crippen LogP contribution in [-0.2, 0) is 0 Å². The fourth-order valence-corrected chi connectivity index (χ4v) is 1.66. The molecule has 0 unspecified atom stereocenters. The van der Waals surface area contributed by atoms with E-state index in [-0.39, 0.29) is 36.2 Å². The zero-order chi connectivity index (χ0) is 13.0. The van der Waals surface area contributed by atoms with Gasteiger partial charge in [0.2, 0.25) is 0 Å². The molecule has 0 saturated heterocycles. The lowest BCUT2D eigenvalue weighted by Crippen LogP contribution is -2.10. The number of carbonyl (C=O) groups excluding carboxylic acids is 1. The van der Waals surface area contributed by atoms with Crippen molar-refractivity contribution >= 4 is 5.78 Å². The van der Waals surface area contributed by atoms with Crippen molar-refractivity contribution < 1.29 is 14.6 Å². The van der Waals surface area contributed by atoms with Crippen molar-refractivity contribution in [2.75, 3.05) is 13.7 Å². The van der Waals surface area contributed by atoms with Crippen molar-refractivity contribution in [2.24, 2.45) is 5.73 Å². The molecule has 4 heteroatoms. The van der Waals surface area contributed by atoms with Crippen molar-refractivity contribution in [1.82, 2.24) is 0 Å². The fraction of sp³-hybridized carbons (Fsp3) is 0.462. The standard InChI is InChI=1S/C13H19NO3/c1-8(2)9-6-10(11(15)4-5-14)13(17-3)12(16)7-9/h6-8,16H,4-5,14H2,1-3H3. The summed E-state index contributed by atoms with van der Waals surface area (Å²) in [5.74, 6) is 0.352. The van der Waals surface area contributed by atoms with Gasteiger partial charge >= 0.3 is 0 Å². The van der Waals surface area contributed by atoms with Crippen LogP contribution in [0.3, 0.4) is 0 Å². The Bertz CT molecular complexity index is 413. The summed E-state index contributed by atoms with van der Waals surface area (Å²) in [6.07, 6.45) is 0.247. The molecule has 94 valence electrons. The number of rotatable bonds is 5. The Morgan fingerprint density at radius 1 is 1.47 bits per heavy atom. The minimum absolute atomic E-state index is 0.000860. The lowest BCUT2D eigenvalue weighted by Gasteiger charge is -2.13. The van der Waals surface area contributed by atoms with E-state index >= 15 is 0 Å². The van der Waals surface area contributed by atoms with Gasteiger partial charge < -0.3 is 15.6 Å². The Labute approximate surface area is 101 Å². The average molecular weight is 237 g/mol. The van der Waals surface area contributed by atoms with Gasteiger partial charge in [0, 0.05) is 6.42 Å². The van der Waals surface area contributed by atoms with E-state index in [2.05, 4.69) is 0 Å². The number of phenolic OH excluding ortho intramolecular Hbond substituents is 1. The molecule has 0 spiro atoms. The summed E-state index contributed by atoms with van der Waals surface area (Å²) in [5.41, 5.74) is 6.68. The van der Waals surface area contributed by atoms with E-state index in [0.29, 0.717) is 5.56 Å². The van der Waals surface area contributed by atoms with Crippen molar-refractivity contribution in [3.63, 3.8) is 0 Å². The van der Waals surface area contributed by atoms with Gasteiger partial charge in [-0.15, -0.1) is 0 Å². The number of aromatic hydroxyl groups is 1. The minimum atomic E-state index is -0.109. The number of hydrogen-bond acceptors (Lipinski definition) is 4. The van der Waals surface area contributed by atoms with Crippen LogP contribution in [-0.4, -0.2) is 24.5 Å². The first-order valence-corrected chi connectivity index (χ1v) is 5.65. The summed E-state index contributed by atoms with van der Waals surface area (Å²) in [7, 11) is 1.43. The summed E-state index contributed by atoms with van der Waals surface area (Å²) in [4.78, 5) is 11.9. The maximum atomic E-state index is 11.9. The number of nitrogens with two attached hydrogens (primary N) is 1. The highest BCUT2D eigenvalue weighted by molar-refractivity contribution is 5.99. The molecule has 0 fully saturated rings. The van der Waals surface area contributed by atoms with E-state index in [0.717, 1.165) is 5.56 Å². The number of benzene rings is 1. The maximum Gasteiger partial charge on any atom is 0.171 e. The molecule has 0 radical (unpaired) electrons. The van der Waals surface area contributed by atoms with Crippen LogP contribution < -0.4 is 10.5 Å². The van der Waals surface area contributed by atoms with Gasteiger partial charge in [-0.3, -0.25) is 4.79 Å². The number of Topliss-reactive ketones (excluding diaryl/α,β-unsaturated/α-hetero) is 1. The van der Waals surface area contributed by atoms with Gasteiger partial charge in [0.15, 0.2) is 17.3 Å². The van der Waals surface area contributed by atoms with E-state index in [1.165, 1.54) is 7.11 Å². The normalized spacial score (nSPS) is 10.6. The molecule has 1 aromatic carbocycles. The lowest BCUT2D eigenvalue weighted by atomic mass is 9.97. The molecule has 0 saturated carbocycles. The van der Waals surface area contributed by atoms with Crippen molar-refractivity contribution in [3.8, 4) is 11.5 Å². The molecular weight excluding hydrogens is 218 g/mol. The van der Waals surface area contributed by atoms with Gasteiger partial charge in [-0.1, -0.05) is 13.8 Å². The fourth-order valence-electron chi connectivity index (χ4n) is 1.66. The van der Waals surface area contributed by atoms with E-state index in [1.54, 1.807) is 12.1 Å². The van der Waals surface area contributed by atoms with Crippen molar-refractivity contribution in [3.05, 3.63) is 23.3 Å². The number of hydrogen-bond donors (Lipinski definition) is 2. The highest BCUT2D eigenvalue weighted by Gasteiger charge is 2.17. The van der Waals surface area contributed by atoms with Crippen LogP contribution in [0.5, 0.6) is 11.5 Å². The van der Waals surface area contributed by atoms with E-state index in [4.69, 9.17) is 10.5 Å². The van der Waals surface area contributed by atoms with Crippen LogP contribution in [0.2, 0.25) is 0 Å². The highest BCUT2D eigenvalue weighted by Crippen LogP contribution is 2.34. The SMILES string of the molecule is COc1c(O)cc(C(C)C)cc1C(=O)CCN. The number of methoxy groups -OCH3 is 1. The monoisotopic (exact) mass is 237 g/mol. The first-order valence-electron chi connectivity index (χ1n) is 5.65. The molecule has 4 nitrogen and oxygen atoms in total. The van der Waals surface area contributed by atoms with Gasteiger partial charge in [0.05, 0.1) is 12.7 Å². The quantitative estimate of drug-likeness (QED) is 0.769. The second-order valence-corrected chi connectivity index (χ2v) is 4.24. The summed E-state index contributed by atoms with van der Waals surface area (Å²) < 4.78 is 5.07. The Morgan fingerprint density at radius 2 is 2.12 bits per heavy atom. The second-order valence-electron chi connectivity index (χ2n) is 4.24. The van der Waals surface area contributed by atoms with Gasteiger partial charge in [-0.05, 0) is 30.2 Å². The van der Waals surface area contributed by atoms with Crippen molar-refractivity contribution in [2.45, 2.75) is 26.2 Å². The molecule has 0 heterocycles. The predicted octanol–water partition coefficient (Wildman–Crippen LogP) is 2.06. The third kappa shape index (κ3) is 2.97. The first-order chi connectivity index (χ1) is 8.01.